The van der Waals surface area contributed by atoms with Gasteiger partial charge in [-0.2, -0.15) is 0 Å². The van der Waals surface area contributed by atoms with Crippen LogP contribution in [0.3, 0.4) is 0 Å². The van der Waals surface area contributed by atoms with Crippen LogP contribution < -0.4 is 15.5 Å². The Morgan fingerprint density at radius 3 is 2.69 bits per heavy atom. The molecule has 4 rings (SSSR count). The summed E-state index contributed by atoms with van der Waals surface area (Å²) in [6.07, 6.45) is 0.749. The van der Waals surface area contributed by atoms with Gasteiger partial charge in [0.2, 0.25) is 11.1 Å². The molecule has 2 N–H and O–H groups in total. The Morgan fingerprint density at radius 1 is 1.21 bits per heavy atom. The lowest BCUT2D eigenvalue weighted by atomic mass is 10.0. The van der Waals surface area contributed by atoms with Crippen LogP contribution in [0.1, 0.15) is 29.9 Å². The first kappa shape index (κ1) is 19.3. The first-order valence-electron chi connectivity index (χ1n) is 9.48. The van der Waals surface area contributed by atoms with Crippen LogP contribution in [0, 0.1) is 6.92 Å². The SMILES string of the molecule is CCc1nnc2n1N[C@@H](c1ccc(C)cc1)[C@@H](C(=O)Nc1ccccc1OC)S2. The van der Waals surface area contributed by atoms with Crippen LogP contribution in [0.4, 0.5) is 5.69 Å². The van der Waals surface area contributed by atoms with Gasteiger partial charge >= 0.3 is 0 Å². The van der Waals surface area contributed by atoms with E-state index in [-0.39, 0.29) is 11.9 Å². The summed E-state index contributed by atoms with van der Waals surface area (Å²) in [4.78, 5) is 13.3. The van der Waals surface area contributed by atoms with Gasteiger partial charge in [0, 0.05) is 6.42 Å². The maximum atomic E-state index is 13.3. The van der Waals surface area contributed by atoms with Crippen molar-refractivity contribution >= 4 is 23.4 Å². The summed E-state index contributed by atoms with van der Waals surface area (Å²) >= 11 is 1.42. The number of methoxy groups -OCH3 is 1. The highest BCUT2D eigenvalue weighted by Crippen LogP contribution is 2.38. The van der Waals surface area contributed by atoms with E-state index >= 15 is 0 Å². The lowest BCUT2D eigenvalue weighted by Crippen LogP contribution is -2.41. The number of ether oxygens (including phenoxy) is 1. The molecule has 0 unspecified atom stereocenters. The first-order valence-corrected chi connectivity index (χ1v) is 10.4. The second kappa shape index (κ2) is 8.16. The number of thioether (sulfide) groups is 1. The maximum absolute atomic E-state index is 13.3. The number of nitrogens with zero attached hydrogens (tertiary/aromatic N) is 3. The number of hydrogen-bond acceptors (Lipinski definition) is 6. The minimum atomic E-state index is -0.427. The Kier molecular flexibility index (Phi) is 5.44. The molecule has 0 spiro atoms. The largest absolute Gasteiger partial charge is 0.495 e. The summed E-state index contributed by atoms with van der Waals surface area (Å²) in [6, 6.07) is 15.4. The van der Waals surface area contributed by atoms with Gasteiger partial charge < -0.3 is 15.5 Å². The number of para-hydroxylation sites is 2. The van der Waals surface area contributed by atoms with E-state index in [1.165, 1.54) is 17.3 Å². The van der Waals surface area contributed by atoms with Crippen molar-refractivity contribution in [3.63, 3.8) is 0 Å². The van der Waals surface area contributed by atoms with E-state index in [0.29, 0.717) is 16.6 Å². The van der Waals surface area contributed by atoms with Gasteiger partial charge in [0.05, 0.1) is 18.8 Å². The number of aryl methyl sites for hydroxylation is 2. The van der Waals surface area contributed by atoms with Crippen molar-refractivity contribution in [3.05, 3.63) is 65.5 Å². The molecule has 0 saturated carbocycles. The summed E-state index contributed by atoms with van der Waals surface area (Å²) in [5, 5.41) is 11.8. The van der Waals surface area contributed by atoms with Crippen molar-refractivity contribution in [2.45, 2.75) is 36.7 Å². The van der Waals surface area contributed by atoms with Gasteiger partial charge in [-0.1, -0.05) is 60.6 Å². The third-order valence-corrected chi connectivity index (χ3v) is 6.09. The van der Waals surface area contributed by atoms with E-state index in [4.69, 9.17) is 4.74 Å². The molecule has 2 atom stereocenters. The number of anilines is 1. The normalized spacial score (nSPS) is 17.9. The van der Waals surface area contributed by atoms with Gasteiger partial charge in [0.1, 0.15) is 11.0 Å². The van der Waals surface area contributed by atoms with Crippen molar-refractivity contribution in [3.8, 4) is 5.75 Å². The second-order valence-corrected chi connectivity index (χ2v) is 7.94. The average molecular weight is 410 g/mol. The molecule has 29 heavy (non-hydrogen) atoms. The molecule has 1 aliphatic heterocycles. The molecule has 2 heterocycles. The highest BCUT2D eigenvalue weighted by molar-refractivity contribution is 8.00. The number of nitrogens with one attached hydrogen (secondary N) is 2. The Morgan fingerprint density at radius 2 is 1.97 bits per heavy atom. The van der Waals surface area contributed by atoms with E-state index in [1.54, 1.807) is 7.11 Å². The van der Waals surface area contributed by atoms with Gasteiger partial charge in [0.25, 0.3) is 0 Å². The average Bonchev–Trinajstić information content (AvgIpc) is 3.16. The van der Waals surface area contributed by atoms with Crippen LogP contribution in [0.15, 0.2) is 53.7 Å². The molecule has 0 fully saturated rings. The molecule has 1 aromatic heterocycles. The van der Waals surface area contributed by atoms with Crippen LogP contribution in [0.25, 0.3) is 0 Å². The number of aromatic nitrogens is 3. The molecule has 2 aromatic carbocycles. The Hall–Kier alpha value is -3.00. The van der Waals surface area contributed by atoms with Crippen LogP contribution in [-0.4, -0.2) is 33.1 Å². The number of fused-ring (bicyclic) bond motifs is 1. The van der Waals surface area contributed by atoms with Crippen molar-refractivity contribution < 1.29 is 9.53 Å². The molecule has 1 amide bonds. The summed E-state index contributed by atoms with van der Waals surface area (Å²) in [7, 11) is 1.59. The number of rotatable bonds is 5. The summed E-state index contributed by atoms with van der Waals surface area (Å²) in [5.74, 6) is 1.34. The molecule has 0 aliphatic carbocycles. The fourth-order valence-corrected chi connectivity index (χ4v) is 4.40. The summed E-state index contributed by atoms with van der Waals surface area (Å²) in [6.45, 7) is 4.08. The number of carbonyl (C=O) groups excluding carboxylic acids is 1. The van der Waals surface area contributed by atoms with Crippen LogP contribution in [0.5, 0.6) is 5.75 Å². The zero-order chi connectivity index (χ0) is 20.4. The third-order valence-electron chi connectivity index (χ3n) is 4.88. The second-order valence-electron chi connectivity index (χ2n) is 6.83. The standard InChI is InChI=1S/C21H23N5O2S/c1-4-17-23-24-21-26(17)25-18(14-11-9-13(2)10-12-14)19(29-21)20(27)22-15-7-5-6-8-16(15)28-3/h5-12,18-19,25H,4H2,1-3H3,(H,22,27)/t18-,19-/m0/s1. The smallest absolute Gasteiger partial charge is 0.240 e. The minimum Gasteiger partial charge on any atom is -0.495 e. The fraction of sp³-hybridized carbons (Fsp3) is 0.286. The molecular formula is C21H23N5O2S. The number of carbonyl (C=O) groups is 1. The Labute approximate surface area is 173 Å². The van der Waals surface area contributed by atoms with Crippen molar-refractivity contribution in [1.29, 1.82) is 0 Å². The molecular weight excluding hydrogens is 386 g/mol. The lowest BCUT2D eigenvalue weighted by molar-refractivity contribution is -0.116. The molecule has 0 bridgehead atoms. The fourth-order valence-electron chi connectivity index (χ4n) is 3.30. The van der Waals surface area contributed by atoms with Gasteiger partial charge in [-0.15, -0.1) is 10.2 Å². The molecule has 150 valence electrons. The molecule has 1 aliphatic rings. The van der Waals surface area contributed by atoms with Crippen molar-refractivity contribution in [1.82, 2.24) is 14.9 Å². The highest BCUT2D eigenvalue weighted by atomic mass is 32.2. The Bertz CT molecular complexity index is 1020. The number of hydrogen-bond donors (Lipinski definition) is 2. The van der Waals surface area contributed by atoms with Gasteiger partial charge in [-0.3, -0.25) is 4.79 Å². The summed E-state index contributed by atoms with van der Waals surface area (Å²) in [5.41, 5.74) is 6.30. The van der Waals surface area contributed by atoms with Crippen LogP contribution in [-0.2, 0) is 11.2 Å². The van der Waals surface area contributed by atoms with E-state index in [2.05, 4.69) is 45.2 Å². The van der Waals surface area contributed by atoms with Crippen LogP contribution in [0.2, 0.25) is 0 Å². The predicted molar refractivity (Wildman–Crippen MR) is 114 cm³/mol. The maximum Gasteiger partial charge on any atom is 0.240 e. The quantitative estimate of drug-likeness (QED) is 0.671. The third kappa shape index (κ3) is 3.80. The molecule has 7 nitrogen and oxygen atoms in total. The van der Waals surface area contributed by atoms with Crippen molar-refractivity contribution in [2.24, 2.45) is 0 Å². The van der Waals surface area contributed by atoms with Gasteiger partial charge in [-0.25, -0.2) is 4.68 Å². The minimum absolute atomic E-state index is 0.120. The zero-order valence-corrected chi connectivity index (χ0v) is 17.4. The van der Waals surface area contributed by atoms with Gasteiger partial charge in [-0.05, 0) is 24.6 Å². The summed E-state index contributed by atoms with van der Waals surface area (Å²) < 4.78 is 7.26. The van der Waals surface area contributed by atoms with Gasteiger partial charge in [0.15, 0.2) is 5.82 Å². The Balaban J connectivity index is 1.68. The highest BCUT2D eigenvalue weighted by Gasteiger charge is 2.37. The van der Waals surface area contributed by atoms with Crippen molar-refractivity contribution in [2.75, 3.05) is 17.9 Å². The first-order chi connectivity index (χ1) is 14.1. The van der Waals surface area contributed by atoms with E-state index in [0.717, 1.165) is 17.8 Å². The van der Waals surface area contributed by atoms with Crippen LogP contribution >= 0.6 is 11.8 Å². The molecule has 3 aromatic rings. The molecule has 8 heteroatoms. The van der Waals surface area contributed by atoms with E-state index in [9.17, 15) is 4.79 Å². The monoisotopic (exact) mass is 409 g/mol. The van der Waals surface area contributed by atoms with E-state index < -0.39 is 5.25 Å². The molecule has 0 radical (unpaired) electrons. The van der Waals surface area contributed by atoms with E-state index in [1.807, 2.05) is 42.8 Å². The predicted octanol–water partition coefficient (Wildman–Crippen LogP) is 3.56. The number of benzene rings is 2. The number of amides is 1. The molecule has 0 saturated heterocycles. The zero-order valence-electron chi connectivity index (χ0n) is 16.5. The topological polar surface area (TPSA) is 81.1 Å². The lowest BCUT2D eigenvalue weighted by Gasteiger charge is -2.33.